The van der Waals surface area contributed by atoms with Crippen LogP contribution in [0.2, 0.25) is 15.7 Å². The van der Waals surface area contributed by atoms with Gasteiger partial charge in [0.1, 0.15) is 68.7 Å². The molecule has 0 saturated heterocycles. The molecule has 4 aliphatic heterocycles. The lowest BCUT2D eigenvalue weighted by molar-refractivity contribution is 0.0866. The number of carbonyl (C=O) groups is 4. The molecule has 4 fully saturated rings. The highest BCUT2D eigenvalue weighted by Gasteiger charge is 2.49. The average Bonchev–Trinajstić information content (AvgIpc) is 1.59. The van der Waals surface area contributed by atoms with Gasteiger partial charge in [-0.15, -0.1) is 0 Å². The molecule has 106 heavy (non-hydrogen) atoms. The Morgan fingerprint density at radius 1 is 0.462 bits per heavy atom. The topological polar surface area (TPSA) is 313 Å². The fourth-order valence-electron chi connectivity index (χ4n) is 15.5. The van der Waals surface area contributed by atoms with E-state index in [1.165, 1.54) is 41.1 Å². The van der Waals surface area contributed by atoms with Gasteiger partial charge in [0.25, 0.3) is 45.9 Å². The van der Waals surface area contributed by atoms with Crippen molar-refractivity contribution in [3.8, 4) is 34.6 Å². The third-order valence-electron chi connectivity index (χ3n) is 20.4. The first-order valence-corrected chi connectivity index (χ1v) is 37.9. The van der Waals surface area contributed by atoms with E-state index in [2.05, 4.69) is 69.8 Å². The molecule has 8 aliphatic rings. The molecule has 0 unspecified atom stereocenters. The first kappa shape index (κ1) is 78.1. The molecule has 10 heterocycles. The standard InChI is InChI=1S/C21H24N2O4.C17H17ClN4O3.C13H15BrN2O2.C13H16N2O3.C8H10OS.C4H2Cl2N2/c1-14-12-17(27-13-15-6-8-16(26-2)9-7-15)20(25)23-18(14)19(24)22-21(23)10-4-3-5-11-21;1-10-9-11(25-12-5-8-19-16(18)20-12)15(24)22-13(10)14(23)21-17(22)6-3-2-4-7-17;1-8-7-9(14)12(18)16-10(8)11(17)15-13(16)5-3-2-4-6-13;1-8-7-9(16)12(18)15-10(8)11(17)14-13(15)5-3-2-4-6-13;1-9-8-4-2-7(6-10)3-5-8;5-3-1-2-7-4(6)8-3/h6-9,12H,3-5,10-11,13H2,1-2H3,(H,22,24);5,8-9H,2-4,6-7H2,1H3,(H,21,23);7H,2-6H2,1H3,(H,15,17);7,16H,2-6H2,1H3,(H,14,17);2-5,10H,6H2,1H3;1-2H. The largest absolute Gasteiger partial charge is 0.503 e. The smallest absolute Gasteiger partial charge is 0.296 e. The van der Waals surface area contributed by atoms with Gasteiger partial charge in [0.05, 0.1) is 18.7 Å². The van der Waals surface area contributed by atoms with Crippen LogP contribution in [0.15, 0.2) is 121 Å². The minimum Gasteiger partial charge on any atom is -0.503 e. The molecule has 4 spiro atoms. The monoisotopic (exact) mass is 1590 g/mol. The van der Waals surface area contributed by atoms with E-state index in [0.29, 0.717) is 43.5 Å². The van der Waals surface area contributed by atoms with E-state index in [-0.39, 0.29) is 80.6 Å². The Morgan fingerprint density at radius 2 is 0.821 bits per heavy atom. The van der Waals surface area contributed by atoms with Gasteiger partial charge in [0.15, 0.2) is 17.2 Å². The Bertz CT molecular complexity index is 4750. The molecular weight excluding hydrogens is 1510 g/mol. The molecule has 16 rings (SSSR count). The van der Waals surface area contributed by atoms with Crippen molar-refractivity contribution in [3.05, 3.63) is 215 Å². The number of hydrogen-bond acceptors (Lipinski definition) is 18. The Kier molecular flexibility index (Phi) is 24.6. The Balaban J connectivity index is 0.000000132. The molecule has 0 atom stereocenters. The minimum absolute atomic E-state index is 0.0380. The van der Waals surface area contributed by atoms with Crippen LogP contribution in [-0.2, 0) is 35.0 Å². The average molecular weight is 1590 g/mol. The second-order valence-corrected chi connectivity index (χ2v) is 29.7. The maximum atomic E-state index is 13.2. The predicted molar refractivity (Wildman–Crippen MR) is 407 cm³/mol. The van der Waals surface area contributed by atoms with Crippen molar-refractivity contribution in [3.63, 3.8) is 0 Å². The van der Waals surface area contributed by atoms with Crippen molar-refractivity contribution in [1.82, 2.24) is 59.5 Å². The van der Waals surface area contributed by atoms with Gasteiger partial charge < -0.3 is 45.3 Å². The molecule has 6 aromatic heterocycles. The van der Waals surface area contributed by atoms with E-state index in [1.54, 1.807) is 66.0 Å². The highest BCUT2D eigenvalue weighted by atomic mass is 79.9. The second kappa shape index (κ2) is 33.4. The summed E-state index contributed by atoms with van der Waals surface area (Å²) in [6, 6.07) is 24.9. The fourth-order valence-corrected chi connectivity index (χ4v) is 16.7. The quantitative estimate of drug-likeness (QED) is 0.0468. The number of thiol groups is 1. The van der Waals surface area contributed by atoms with Crippen LogP contribution in [0.25, 0.3) is 0 Å². The number of carbonyl (C=O) groups excluding carboxylic acids is 4. The van der Waals surface area contributed by atoms with Crippen molar-refractivity contribution in [1.29, 1.82) is 0 Å². The number of aromatic nitrogens is 8. The predicted octanol–water partition coefficient (Wildman–Crippen LogP) is 13.3. The SMILES string of the molecule is COc1ccc(COc2cc(C)c3n(c2=O)C2(CCCCC2)NC3=O)cc1.COc1ccc(CS)cc1.Cc1cc(Br)c(=O)n2c1C(=O)NC21CCCCC1.Cc1cc(O)c(=O)n2c1C(=O)NC21CCCCC1.Cc1cc(Oc2ccnc(Cl)n2)c(=O)n2c1C(=O)NC21CCCCC1.Clc1ccnc(Cl)n1. The Labute approximate surface area is 640 Å². The lowest BCUT2D eigenvalue weighted by Crippen LogP contribution is -2.48. The van der Waals surface area contributed by atoms with Gasteiger partial charge in [-0.3, -0.25) is 56.6 Å². The Hall–Kier alpha value is -9.02. The van der Waals surface area contributed by atoms with E-state index >= 15 is 0 Å². The first-order valence-electron chi connectivity index (χ1n) is 35.3. The summed E-state index contributed by atoms with van der Waals surface area (Å²) in [5.74, 6) is 2.09. The molecule has 8 aromatic rings. The zero-order valence-electron chi connectivity index (χ0n) is 59.7. The van der Waals surface area contributed by atoms with Crippen molar-refractivity contribution in [2.75, 3.05) is 14.2 Å². The van der Waals surface area contributed by atoms with Crippen molar-refractivity contribution in [2.45, 2.75) is 191 Å². The van der Waals surface area contributed by atoms with Gasteiger partial charge in [0.2, 0.25) is 16.4 Å². The summed E-state index contributed by atoms with van der Waals surface area (Å²) in [7, 11) is 3.28. The van der Waals surface area contributed by atoms with Gasteiger partial charge in [-0.25, -0.2) is 15.0 Å². The fraction of sp³-hybridized carbons (Fsp3) is 0.421. The van der Waals surface area contributed by atoms with E-state index < -0.39 is 28.2 Å². The van der Waals surface area contributed by atoms with Crippen LogP contribution < -0.4 is 62.5 Å². The number of rotatable bonds is 8. The Morgan fingerprint density at radius 3 is 1.21 bits per heavy atom. The summed E-state index contributed by atoms with van der Waals surface area (Å²) in [6.07, 6.45) is 21.8. The van der Waals surface area contributed by atoms with Crippen LogP contribution in [0, 0.1) is 27.7 Å². The summed E-state index contributed by atoms with van der Waals surface area (Å²) >= 11 is 23.9. The number of halogens is 4. The lowest BCUT2D eigenvalue weighted by atomic mass is 9.89. The normalized spacial score (nSPS) is 17.4. The second-order valence-electron chi connectivity index (χ2n) is 27.5. The number of benzene rings is 2. The number of methoxy groups -OCH3 is 2. The summed E-state index contributed by atoms with van der Waals surface area (Å²) in [5, 5.41) is 22.4. The molecule has 2 aromatic carbocycles. The number of nitrogens with zero attached hydrogens (tertiary/aromatic N) is 8. The van der Waals surface area contributed by atoms with Crippen LogP contribution in [0.5, 0.6) is 34.6 Å². The van der Waals surface area contributed by atoms with Crippen LogP contribution in [0.4, 0.5) is 0 Å². The molecule has 30 heteroatoms. The summed E-state index contributed by atoms with van der Waals surface area (Å²) < 4.78 is 28.6. The number of fused-ring (bicyclic) bond motifs is 8. The number of aryl methyl sites for hydroxylation is 4. The summed E-state index contributed by atoms with van der Waals surface area (Å²) in [5.41, 5.74) is 3.48. The van der Waals surface area contributed by atoms with Crippen LogP contribution in [-0.4, -0.2) is 81.2 Å². The van der Waals surface area contributed by atoms with Crippen LogP contribution >= 0.6 is 63.4 Å². The third-order valence-corrected chi connectivity index (χ3v) is 21.9. The molecule has 0 radical (unpaired) electrons. The van der Waals surface area contributed by atoms with Crippen molar-refractivity contribution >= 4 is 87.0 Å². The molecule has 0 bridgehead atoms. The van der Waals surface area contributed by atoms with Crippen molar-refractivity contribution in [2.24, 2.45) is 0 Å². The van der Waals surface area contributed by atoms with E-state index in [9.17, 15) is 43.5 Å². The van der Waals surface area contributed by atoms with E-state index in [4.69, 9.17) is 53.8 Å². The van der Waals surface area contributed by atoms with Gasteiger partial charge in [-0.1, -0.05) is 61.5 Å². The summed E-state index contributed by atoms with van der Waals surface area (Å²) in [4.78, 5) is 115. The van der Waals surface area contributed by atoms with Gasteiger partial charge in [-0.2, -0.15) is 17.6 Å². The van der Waals surface area contributed by atoms with Gasteiger partial charge in [0, 0.05) is 24.2 Å². The van der Waals surface area contributed by atoms with Crippen LogP contribution in [0.1, 0.15) is 204 Å². The molecule has 560 valence electrons. The molecule has 4 amide bonds. The number of aromatic hydroxyl groups is 1. The van der Waals surface area contributed by atoms with E-state index in [1.807, 2.05) is 62.4 Å². The zero-order valence-corrected chi connectivity index (χ0v) is 64.4. The maximum Gasteiger partial charge on any atom is 0.296 e. The number of nitrogens with one attached hydrogen (secondary N) is 4. The number of hydrogen-bond donors (Lipinski definition) is 6. The zero-order chi connectivity index (χ0) is 75.8. The van der Waals surface area contributed by atoms with Crippen molar-refractivity contribution < 1.29 is 43.2 Å². The molecule has 4 saturated carbocycles. The minimum atomic E-state index is -0.644. The highest BCUT2D eigenvalue weighted by Crippen LogP contribution is 2.42. The van der Waals surface area contributed by atoms with Gasteiger partial charge in [-0.05, 0) is 258 Å². The summed E-state index contributed by atoms with van der Waals surface area (Å²) in [6.45, 7) is 7.55. The third kappa shape index (κ3) is 16.4. The molecule has 5 N–H and O–H groups in total. The lowest BCUT2D eigenvalue weighted by Gasteiger charge is -2.35. The molecular formula is C76H84BrCl3N12O13S. The van der Waals surface area contributed by atoms with Crippen LogP contribution in [0.3, 0.4) is 0 Å². The number of pyridine rings is 4. The highest BCUT2D eigenvalue weighted by molar-refractivity contribution is 9.10. The molecule has 25 nitrogen and oxygen atoms in total. The number of ether oxygens (including phenoxy) is 4. The molecule has 4 aliphatic carbocycles. The van der Waals surface area contributed by atoms with Gasteiger partial charge >= 0.3 is 0 Å². The maximum absolute atomic E-state index is 13.2. The first-order chi connectivity index (χ1) is 50.8. The van der Waals surface area contributed by atoms with E-state index in [0.717, 1.165) is 156 Å². The number of amides is 4.